The van der Waals surface area contributed by atoms with Crippen molar-refractivity contribution in [1.82, 2.24) is 14.2 Å². The fraction of sp³-hybridized carbons (Fsp3) is 0.455. The molecule has 3 aromatic heterocycles. The van der Waals surface area contributed by atoms with Gasteiger partial charge in [0.25, 0.3) is 0 Å². The van der Waals surface area contributed by atoms with Gasteiger partial charge >= 0.3 is 0 Å². The lowest BCUT2D eigenvalue weighted by Gasteiger charge is -2.45. The first kappa shape index (κ1) is 20.3. The Morgan fingerprint density at radius 2 is 1.63 bits per heavy atom. The second kappa shape index (κ2) is 7.88. The Morgan fingerprint density at radius 1 is 0.963 bits per heavy atom. The van der Waals surface area contributed by atoms with Crippen molar-refractivity contribution in [3.63, 3.8) is 0 Å². The highest BCUT2D eigenvalue weighted by molar-refractivity contribution is 9.10. The van der Waals surface area contributed by atoms with E-state index in [0.29, 0.717) is 16.6 Å². The number of halogens is 1. The van der Waals surface area contributed by atoms with Gasteiger partial charge in [-0.15, -0.1) is 0 Å². The van der Waals surface area contributed by atoms with Crippen LogP contribution in [0.15, 0.2) is 47.3 Å². The average Bonchev–Trinajstić information content (AvgIpc) is 2.95. The predicted molar refractivity (Wildman–Crippen MR) is 121 cm³/mol. The van der Waals surface area contributed by atoms with Crippen molar-refractivity contribution in [3.05, 3.63) is 58.6 Å². The topological polar surface area (TPSA) is 30.7 Å². The molecule has 3 rings (SSSR count). The van der Waals surface area contributed by atoms with Crippen molar-refractivity contribution in [3.8, 4) is 0 Å². The van der Waals surface area contributed by atoms with Gasteiger partial charge in [0.1, 0.15) is 10.3 Å². The molecule has 27 heavy (non-hydrogen) atoms. The summed E-state index contributed by atoms with van der Waals surface area (Å²) >= 11 is 3.44. The number of aromatic nitrogens is 3. The summed E-state index contributed by atoms with van der Waals surface area (Å²) in [6, 6.07) is 10.8. The minimum atomic E-state index is -1.90. The first-order valence-electron chi connectivity index (χ1n) is 9.84. The molecule has 5 heteroatoms. The van der Waals surface area contributed by atoms with Crippen molar-refractivity contribution in [2.45, 2.75) is 64.6 Å². The van der Waals surface area contributed by atoms with E-state index in [2.05, 4.69) is 84.9 Å². The lowest BCUT2D eigenvalue weighted by Crippen LogP contribution is -2.52. The van der Waals surface area contributed by atoms with Crippen LogP contribution in [0.25, 0.3) is 11.0 Å². The zero-order chi connectivity index (χ0) is 19.8. The zero-order valence-electron chi connectivity index (χ0n) is 17.2. The molecule has 3 heterocycles. The monoisotopic (exact) mass is 443 g/mol. The van der Waals surface area contributed by atoms with E-state index < -0.39 is 8.24 Å². The molecule has 0 aliphatic heterocycles. The number of pyridine rings is 2. The second-order valence-corrected chi connectivity index (χ2v) is 14.9. The van der Waals surface area contributed by atoms with Crippen LogP contribution in [0.3, 0.4) is 0 Å². The molecule has 0 spiro atoms. The first-order chi connectivity index (χ1) is 12.8. The standard InChI is InChI=1S/C22H30BrN3Si/c1-15(2)27(16(3)4,17(5)6)26-20(12-18-9-10-21(23)25-14-18)13-19-8-7-11-24-22(19)26/h7-11,13-17H,12H2,1-6H3. The Bertz CT molecular complexity index is 891. The summed E-state index contributed by atoms with van der Waals surface area (Å²) in [5.74, 6) is 0. The SMILES string of the molecule is CC(C)[Si](C(C)C)(C(C)C)n1c(Cc2ccc(Br)nc2)cc2cccnc21. The minimum absolute atomic E-state index is 0.622. The molecular weight excluding hydrogens is 414 g/mol. The minimum Gasteiger partial charge on any atom is -0.356 e. The van der Waals surface area contributed by atoms with Crippen LogP contribution < -0.4 is 0 Å². The number of nitrogens with zero attached hydrogens (tertiary/aromatic N) is 3. The van der Waals surface area contributed by atoms with E-state index in [4.69, 9.17) is 4.98 Å². The van der Waals surface area contributed by atoms with Gasteiger partial charge < -0.3 is 4.23 Å². The van der Waals surface area contributed by atoms with Gasteiger partial charge in [-0.1, -0.05) is 47.6 Å². The van der Waals surface area contributed by atoms with Gasteiger partial charge in [0.05, 0.1) is 0 Å². The normalized spacial score (nSPS) is 12.7. The molecule has 0 saturated carbocycles. The van der Waals surface area contributed by atoms with E-state index in [-0.39, 0.29) is 0 Å². The molecular formula is C22H30BrN3Si. The van der Waals surface area contributed by atoms with Gasteiger partial charge in [-0.3, -0.25) is 0 Å². The summed E-state index contributed by atoms with van der Waals surface area (Å²) in [5, 5.41) is 1.25. The zero-order valence-corrected chi connectivity index (χ0v) is 19.8. The van der Waals surface area contributed by atoms with Crippen molar-refractivity contribution in [2.75, 3.05) is 0 Å². The first-order valence-corrected chi connectivity index (χ1v) is 12.8. The molecule has 3 aromatic rings. The molecule has 0 bridgehead atoms. The van der Waals surface area contributed by atoms with E-state index in [1.165, 1.54) is 16.6 Å². The van der Waals surface area contributed by atoms with Crippen molar-refractivity contribution < 1.29 is 0 Å². The Kier molecular flexibility index (Phi) is 5.92. The van der Waals surface area contributed by atoms with E-state index in [1.54, 1.807) is 0 Å². The van der Waals surface area contributed by atoms with E-state index >= 15 is 0 Å². The van der Waals surface area contributed by atoms with Gasteiger partial charge in [-0.2, -0.15) is 0 Å². The number of hydrogen-bond acceptors (Lipinski definition) is 2. The molecule has 3 nitrogen and oxygen atoms in total. The van der Waals surface area contributed by atoms with Gasteiger partial charge in [-0.25, -0.2) is 9.97 Å². The van der Waals surface area contributed by atoms with Crippen LogP contribution in [0.2, 0.25) is 16.6 Å². The third-order valence-corrected chi connectivity index (χ3v) is 13.3. The Morgan fingerprint density at radius 3 is 2.19 bits per heavy atom. The van der Waals surface area contributed by atoms with Crippen LogP contribution in [-0.4, -0.2) is 22.4 Å². The maximum atomic E-state index is 4.85. The molecule has 0 amide bonds. The second-order valence-electron chi connectivity index (χ2n) is 8.40. The predicted octanol–water partition coefficient (Wildman–Crippen LogP) is 6.81. The maximum absolute atomic E-state index is 4.85. The summed E-state index contributed by atoms with van der Waals surface area (Å²) in [6.45, 7) is 14.5. The molecule has 0 radical (unpaired) electrons. The van der Waals surface area contributed by atoms with Crippen LogP contribution in [0.4, 0.5) is 0 Å². The summed E-state index contributed by atoms with van der Waals surface area (Å²) in [6.07, 6.45) is 4.80. The summed E-state index contributed by atoms with van der Waals surface area (Å²) in [7, 11) is -1.90. The highest BCUT2D eigenvalue weighted by atomic mass is 79.9. The van der Waals surface area contributed by atoms with Gasteiger partial charge in [0.2, 0.25) is 0 Å². The molecule has 0 aliphatic carbocycles. The third-order valence-electron chi connectivity index (χ3n) is 5.97. The van der Waals surface area contributed by atoms with E-state index in [0.717, 1.165) is 16.7 Å². The number of fused-ring (bicyclic) bond motifs is 1. The van der Waals surface area contributed by atoms with Crippen LogP contribution in [0, 0.1) is 0 Å². The van der Waals surface area contributed by atoms with Gasteiger partial charge in [0.15, 0.2) is 8.24 Å². The Hall–Kier alpha value is -1.46. The van der Waals surface area contributed by atoms with Crippen LogP contribution >= 0.6 is 15.9 Å². The number of hydrogen-bond donors (Lipinski definition) is 0. The lowest BCUT2D eigenvalue weighted by molar-refractivity contribution is 0.758. The summed E-state index contributed by atoms with van der Waals surface area (Å²) < 4.78 is 3.56. The van der Waals surface area contributed by atoms with Crippen LogP contribution in [0.5, 0.6) is 0 Å². The molecule has 144 valence electrons. The summed E-state index contributed by atoms with van der Waals surface area (Å²) in [4.78, 5) is 9.27. The van der Waals surface area contributed by atoms with Gasteiger partial charge in [-0.05, 0) is 62.4 Å². The van der Waals surface area contributed by atoms with E-state index in [9.17, 15) is 0 Å². The van der Waals surface area contributed by atoms with E-state index in [1.807, 2.05) is 24.5 Å². The highest BCUT2D eigenvalue weighted by Crippen LogP contribution is 2.45. The third kappa shape index (κ3) is 3.52. The molecule has 0 aromatic carbocycles. The number of rotatable bonds is 6. The van der Waals surface area contributed by atoms with Crippen molar-refractivity contribution in [1.29, 1.82) is 0 Å². The largest absolute Gasteiger partial charge is 0.356 e. The fourth-order valence-corrected chi connectivity index (χ4v) is 12.1. The van der Waals surface area contributed by atoms with Crippen molar-refractivity contribution in [2.24, 2.45) is 0 Å². The molecule has 0 saturated heterocycles. The van der Waals surface area contributed by atoms with Crippen LogP contribution in [0.1, 0.15) is 52.8 Å². The highest BCUT2D eigenvalue weighted by Gasteiger charge is 2.47. The molecule has 0 aliphatic rings. The molecule has 0 N–H and O–H groups in total. The quantitative estimate of drug-likeness (QED) is 0.309. The molecule has 0 fully saturated rings. The Labute approximate surface area is 172 Å². The molecule has 0 unspecified atom stereocenters. The fourth-order valence-electron chi connectivity index (χ4n) is 5.15. The van der Waals surface area contributed by atoms with Gasteiger partial charge in [0, 0.05) is 29.9 Å². The van der Waals surface area contributed by atoms with Crippen molar-refractivity contribution >= 4 is 35.2 Å². The average molecular weight is 444 g/mol. The lowest BCUT2D eigenvalue weighted by atomic mass is 10.1. The smallest absolute Gasteiger partial charge is 0.171 e. The molecule has 0 atom stereocenters. The summed E-state index contributed by atoms with van der Waals surface area (Å²) in [5.41, 5.74) is 5.63. The van der Waals surface area contributed by atoms with Crippen LogP contribution in [-0.2, 0) is 6.42 Å². The Balaban J connectivity index is 2.27. The maximum Gasteiger partial charge on any atom is 0.171 e.